The zero-order valence-corrected chi connectivity index (χ0v) is 13.2. The maximum Gasteiger partial charge on any atom is 0.120 e. The van der Waals surface area contributed by atoms with Crippen molar-refractivity contribution in [2.24, 2.45) is 0 Å². The third kappa shape index (κ3) is 4.16. The van der Waals surface area contributed by atoms with Crippen LogP contribution in [-0.2, 0) is 17.3 Å². The maximum absolute atomic E-state index is 11.4. The molecule has 0 fully saturated rings. The highest BCUT2D eigenvalue weighted by Gasteiger charge is 2.12. The van der Waals surface area contributed by atoms with Gasteiger partial charge in [0, 0.05) is 40.1 Å². The summed E-state index contributed by atoms with van der Waals surface area (Å²) < 4.78 is 11.4. The molecule has 2 aromatic carbocycles. The fraction of sp³-hybridized carbons (Fsp3) is 0.294. The van der Waals surface area contributed by atoms with E-state index < -0.39 is 10.8 Å². The van der Waals surface area contributed by atoms with Gasteiger partial charge >= 0.3 is 0 Å². The van der Waals surface area contributed by atoms with Crippen molar-refractivity contribution in [3.8, 4) is 5.75 Å². The highest BCUT2D eigenvalue weighted by Crippen LogP contribution is 2.26. The Kier molecular flexibility index (Phi) is 5.53. The van der Waals surface area contributed by atoms with Crippen LogP contribution in [0.2, 0.25) is 0 Å². The van der Waals surface area contributed by atoms with Crippen LogP contribution in [0.3, 0.4) is 0 Å². The number of phenols is 1. The van der Waals surface area contributed by atoms with E-state index in [1.807, 2.05) is 42.5 Å². The van der Waals surface area contributed by atoms with Crippen LogP contribution in [0.5, 0.6) is 5.75 Å². The Labute approximate surface area is 128 Å². The van der Waals surface area contributed by atoms with Crippen molar-refractivity contribution in [2.75, 3.05) is 6.26 Å². The maximum atomic E-state index is 11.4. The Hall–Kier alpha value is -1.65. The number of hydrogen-bond acceptors (Lipinski definition) is 3. The quantitative estimate of drug-likeness (QED) is 0.860. The molecule has 0 aliphatic carbocycles. The van der Waals surface area contributed by atoms with Crippen molar-refractivity contribution < 1.29 is 9.32 Å². The molecule has 0 saturated carbocycles. The van der Waals surface area contributed by atoms with Crippen molar-refractivity contribution in [2.45, 2.75) is 30.8 Å². The second kappa shape index (κ2) is 7.38. The first-order valence-corrected chi connectivity index (χ1v) is 8.61. The first-order valence-electron chi connectivity index (χ1n) is 7.05. The van der Waals surface area contributed by atoms with E-state index in [0.717, 1.165) is 22.4 Å². The monoisotopic (exact) mass is 303 g/mol. The van der Waals surface area contributed by atoms with Gasteiger partial charge in [-0.05, 0) is 30.2 Å². The van der Waals surface area contributed by atoms with Crippen LogP contribution in [0.1, 0.15) is 30.5 Å². The number of aromatic hydroxyl groups is 1. The average Bonchev–Trinajstić information content (AvgIpc) is 2.50. The zero-order valence-electron chi connectivity index (χ0n) is 12.4. The molecule has 0 aliphatic heterocycles. The Morgan fingerprint density at radius 1 is 1.14 bits per heavy atom. The SMILES string of the molecule is CC[C@H](NCc1ccc([S@](C)=O)cc1)c1ccccc1O. The van der Waals surface area contributed by atoms with Gasteiger partial charge in [-0.3, -0.25) is 4.21 Å². The summed E-state index contributed by atoms with van der Waals surface area (Å²) in [7, 11) is -0.938. The predicted molar refractivity (Wildman–Crippen MR) is 86.8 cm³/mol. The molecule has 2 N–H and O–H groups in total. The number of nitrogens with one attached hydrogen (secondary N) is 1. The molecule has 2 atom stereocenters. The highest BCUT2D eigenvalue weighted by atomic mass is 32.2. The van der Waals surface area contributed by atoms with Crippen LogP contribution in [0.25, 0.3) is 0 Å². The molecule has 3 nitrogen and oxygen atoms in total. The van der Waals surface area contributed by atoms with Gasteiger partial charge in [-0.15, -0.1) is 0 Å². The minimum absolute atomic E-state index is 0.117. The van der Waals surface area contributed by atoms with E-state index in [1.54, 1.807) is 12.3 Å². The van der Waals surface area contributed by atoms with Crippen LogP contribution >= 0.6 is 0 Å². The minimum atomic E-state index is -0.938. The van der Waals surface area contributed by atoms with Crippen molar-refractivity contribution in [3.05, 3.63) is 59.7 Å². The van der Waals surface area contributed by atoms with Gasteiger partial charge in [0.05, 0.1) is 0 Å². The number of rotatable bonds is 6. The lowest BCUT2D eigenvalue weighted by Gasteiger charge is -2.18. The fourth-order valence-electron chi connectivity index (χ4n) is 2.30. The third-order valence-electron chi connectivity index (χ3n) is 3.53. The molecular weight excluding hydrogens is 282 g/mol. The van der Waals surface area contributed by atoms with Gasteiger partial charge in [-0.25, -0.2) is 0 Å². The highest BCUT2D eigenvalue weighted by molar-refractivity contribution is 7.84. The van der Waals surface area contributed by atoms with Gasteiger partial charge < -0.3 is 10.4 Å². The molecule has 0 heterocycles. The molecule has 4 heteroatoms. The van der Waals surface area contributed by atoms with Crippen molar-refractivity contribution in [3.63, 3.8) is 0 Å². The van der Waals surface area contributed by atoms with Crippen molar-refractivity contribution in [1.82, 2.24) is 5.32 Å². The lowest BCUT2D eigenvalue weighted by Crippen LogP contribution is -2.20. The summed E-state index contributed by atoms with van der Waals surface area (Å²) in [4.78, 5) is 0.839. The van der Waals surface area contributed by atoms with Crippen LogP contribution < -0.4 is 5.32 Å². The average molecular weight is 303 g/mol. The summed E-state index contributed by atoms with van der Waals surface area (Å²) in [5.41, 5.74) is 2.06. The van der Waals surface area contributed by atoms with E-state index in [-0.39, 0.29) is 6.04 Å². The van der Waals surface area contributed by atoms with E-state index in [4.69, 9.17) is 0 Å². The number of para-hydroxylation sites is 1. The molecule has 0 spiro atoms. The fourth-order valence-corrected chi connectivity index (χ4v) is 2.82. The molecule has 0 unspecified atom stereocenters. The molecule has 0 amide bonds. The molecule has 112 valence electrons. The van der Waals surface area contributed by atoms with E-state index in [1.165, 1.54) is 0 Å². The van der Waals surface area contributed by atoms with Gasteiger partial charge in [0.2, 0.25) is 0 Å². The Morgan fingerprint density at radius 3 is 2.38 bits per heavy atom. The van der Waals surface area contributed by atoms with Gasteiger partial charge in [0.25, 0.3) is 0 Å². The molecule has 0 saturated heterocycles. The third-order valence-corrected chi connectivity index (χ3v) is 4.46. The summed E-state index contributed by atoms with van der Waals surface area (Å²) in [6.45, 7) is 2.80. The van der Waals surface area contributed by atoms with Crippen LogP contribution in [0.4, 0.5) is 0 Å². The van der Waals surface area contributed by atoms with E-state index >= 15 is 0 Å². The Balaban J connectivity index is 2.03. The number of benzene rings is 2. The molecule has 2 aromatic rings. The second-order valence-electron chi connectivity index (χ2n) is 5.00. The molecule has 0 bridgehead atoms. The minimum Gasteiger partial charge on any atom is -0.508 e. The van der Waals surface area contributed by atoms with E-state index in [2.05, 4.69) is 12.2 Å². The lowest BCUT2D eigenvalue weighted by atomic mass is 10.0. The standard InChI is InChI=1S/C17H21NO2S/c1-3-16(15-6-4-5-7-17(15)19)18-12-13-8-10-14(11-9-13)21(2)20/h4-11,16,18-19H,3,12H2,1-2H3/t16-,21-/m0/s1. The van der Waals surface area contributed by atoms with Crippen molar-refractivity contribution in [1.29, 1.82) is 0 Å². The lowest BCUT2D eigenvalue weighted by molar-refractivity contribution is 0.441. The summed E-state index contributed by atoms with van der Waals surface area (Å²) in [5.74, 6) is 0.327. The Morgan fingerprint density at radius 2 is 1.81 bits per heavy atom. The molecule has 0 aliphatic rings. The number of hydrogen-bond donors (Lipinski definition) is 2. The van der Waals surface area contributed by atoms with Gasteiger partial charge in [-0.1, -0.05) is 37.3 Å². The van der Waals surface area contributed by atoms with Gasteiger partial charge in [0.1, 0.15) is 5.75 Å². The molecular formula is C17H21NO2S. The predicted octanol–water partition coefficient (Wildman–Crippen LogP) is 3.37. The summed E-state index contributed by atoms with van der Waals surface area (Å²) in [6.07, 6.45) is 2.58. The van der Waals surface area contributed by atoms with Crippen LogP contribution in [0.15, 0.2) is 53.4 Å². The summed E-state index contributed by atoms with van der Waals surface area (Å²) >= 11 is 0. The van der Waals surface area contributed by atoms with Crippen molar-refractivity contribution >= 4 is 10.8 Å². The normalized spacial score (nSPS) is 13.8. The second-order valence-corrected chi connectivity index (χ2v) is 6.38. The van der Waals surface area contributed by atoms with Crippen LogP contribution in [0, 0.1) is 0 Å². The summed E-state index contributed by atoms with van der Waals surface area (Å²) in [5, 5.41) is 13.4. The Bertz CT molecular complexity index is 610. The van der Waals surface area contributed by atoms with Gasteiger partial charge in [0.15, 0.2) is 0 Å². The smallest absolute Gasteiger partial charge is 0.120 e. The van der Waals surface area contributed by atoms with E-state index in [9.17, 15) is 9.32 Å². The topological polar surface area (TPSA) is 49.3 Å². The molecule has 21 heavy (non-hydrogen) atoms. The number of phenolic OH excluding ortho intramolecular Hbond substituents is 1. The molecule has 0 radical (unpaired) electrons. The molecule has 0 aromatic heterocycles. The van der Waals surface area contributed by atoms with Gasteiger partial charge in [-0.2, -0.15) is 0 Å². The summed E-state index contributed by atoms with van der Waals surface area (Å²) in [6, 6.07) is 15.3. The largest absolute Gasteiger partial charge is 0.508 e. The molecule has 2 rings (SSSR count). The first kappa shape index (κ1) is 15.7. The van der Waals surface area contributed by atoms with E-state index in [0.29, 0.717) is 12.3 Å². The zero-order chi connectivity index (χ0) is 15.2. The first-order chi connectivity index (χ1) is 10.1. The van der Waals surface area contributed by atoms with Crippen LogP contribution in [-0.4, -0.2) is 15.6 Å².